The van der Waals surface area contributed by atoms with Gasteiger partial charge in [-0.2, -0.15) is 0 Å². The van der Waals surface area contributed by atoms with Crippen LogP contribution in [0.1, 0.15) is 59.3 Å². The van der Waals surface area contributed by atoms with Gasteiger partial charge in [-0.25, -0.2) is 4.79 Å². The van der Waals surface area contributed by atoms with E-state index in [1.54, 1.807) is 0 Å². The molecule has 116 valence electrons. The maximum absolute atomic E-state index is 12.2. The molecule has 0 saturated heterocycles. The van der Waals surface area contributed by atoms with Crippen molar-refractivity contribution in [3.63, 3.8) is 0 Å². The second-order valence-corrected chi connectivity index (χ2v) is 5.65. The van der Waals surface area contributed by atoms with Crippen LogP contribution in [-0.2, 0) is 14.3 Å². The molecule has 1 fully saturated rings. The Labute approximate surface area is 121 Å². The van der Waals surface area contributed by atoms with E-state index in [4.69, 9.17) is 4.74 Å². The van der Waals surface area contributed by atoms with Gasteiger partial charge in [-0.3, -0.25) is 4.79 Å². The molecule has 20 heavy (non-hydrogen) atoms. The van der Waals surface area contributed by atoms with Gasteiger partial charge >= 0.3 is 5.97 Å². The highest BCUT2D eigenvalue weighted by Crippen LogP contribution is 2.23. The first-order valence-electron chi connectivity index (χ1n) is 7.68. The van der Waals surface area contributed by atoms with Gasteiger partial charge in [0.25, 0.3) is 0 Å². The van der Waals surface area contributed by atoms with Gasteiger partial charge in [0.1, 0.15) is 12.1 Å². The zero-order valence-electron chi connectivity index (χ0n) is 12.7. The molecule has 3 unspecified atom stereocenters. The molecule has 0 bridgehead atoms. The number of carbonyl (C=O) groups excluding carboxylic acids is 1. The summed E-state index contributed by atoms with van der Waals surface area (Å²) in [6.45, 7) is 5.63. The van der Waals surface area contributed by atoms with E-state index in [-0.39, 0.29) is 17.9 Å². The topological polar surface area (TPSA) is 75.6 Å². The molecule has 5 nitrogen and oxygen atoms in total. The van der Waals surface area contributed by atoms with Crippen molar-refractivity contribution in [1.82, 2.24) is 5.32 Å². The molecule has 0 aromatic rings. The average Bonchev–Trinajstić information content (AvgIpc) is 2.93. The Morgan fingerprint density at radius 1 is 1.25 bits per heavy atom. The third kappa shape index (κ3) is 4.78. The number of rotatable bonds is 8. The molecule has 0 spiro atoms. The lowest BCUT2D eigenvalue weighted by Crippen LogP contribution is -2.49. The van der Waals surface area contributed by atoms with Gasteiger partial charge in [-0.05, 0) is 25.2 Å². The van der Waals surface area contributed by atoms with E-state index in [0.717, 1.165) is 25.7 Å². The van der Waals surface area contributed by atoms with Crippen LogP contribution >= 0.6 is 0 Å². The first kappa shape index (κ1) is 17.0. The van der Waals surface area contributed by atoms with E-state index in [9.17, 15) is 14.7 Å². The number of carbonyl (C=O) groups is 2. The molecule has 0 aliphatic heterocycles. The Balaban J connectivity index is 2.57. The van der Waals surface area contributed by atoms with Crippen molar-refractivity contribution < 1.29 is 19.4 Å². The zero-order valence-corrected chi connectivity index (χ0v) is 12.7. The number of hydrogen-bond donors (Lipinski definition) is 2. The number of aliphatic carboxylic acids is 1. The molecule has 1 saturated carbocycles. The number of carboxylic acid groups (broad SMARTS) is 1. The van der Waals surface area contributed by atoms with Crippen molar-refractivity contribution in [3.05, 3.63) is 0 Å². The van der Waals surface area contributed by atoms with E-state index in [0.29, 0.717) is 12.8 Å². The number of ether oxygens (including phenoxy) is 1. The fourth-order valence-electron chi connectivity index (χ4n) is 2.53. The molecular weight excluding hydrogens is 258 g/mol. The maximum atomic E-state index is 12.2. The second kappa shape index (κ2) is 8.25. The summed E-state index contributed by atoms with van der Waals surface area (Å²) in [7, 11) is 0. The van der Waals surface area contributed by atoms with Crippen LogP contribution < -0.4 is 5.32 Å². The zero-order chi connectivity index (χ0) is 15.1. The SMILES string of the molecule is CCC(OC1CCCC1)C(=O)NC(C(=O)O)C(C)CC. The summed E-state index contributed by atoms with van der Waals surface area (Å²) in [6.07, 6.45) is 5.17. The Morgan fingerprint density at radius 3 is 2.30 bits per heavy atom. The standard InChI is InChI=1S/C15H27NO4/c1-4-10(3)13(15(18)19)16-14(17)12(5-2)20-11-8-6-7-9-11/h10-13H,4-9H2,1-3H3,(H,16,17)(H,18,19). The molecule has 0 heterocycles. The molecule has 1 rings (SSSR count). The molecule has 5 heteroatoms. The van der Waals surface area contributed by atoms with E-state index >= 15 is 0 Å². The first-order valence-corrected chi connectivity index (χ1v) is 7.68. The molecule has 2 N–H and O–H groups in total. The molecule has 0 radical (unpaired) electrons. The van der Waals surface area contributed by atoms with Crippen LogP contribution in [0.3, 0.4) is 0 Å². The lowest BCUT2D eigenvalue weighted by atomic mass is 9.99. The fourth-order valence-corrected chi connectivity index (χ4v) is 2.53. The third-order valence-electron chi connectivity index (χ3n) is 4.10. The van der Waals surface area contributed by atoms with E-state index in [2.05, 4.69) is 5.32 Å². The number of nitrogens with one attached hydrogen (secondary N) is 1. The van der Waals surface area contributed by atoms with Crippen molar-refractivity contribution in [3.8, 4) is 0 Å². The van der Waals surface area contributed by atoms with Crippen molar-refractivity contribution >= 4 is 11.9 Å². The Kier molecular flexibility index (Phi) is 6.99. The van der Waals surface area contributed by atoms with Crippen LogP contribution in [0.15, 0.2) is 0 Å². The summed E-state index contributed by atoms with van der Waals surface area (Å²) in [4.78, 5) is 23.4. The third-order valence-corrected chi connectivity index (χ3v) is 4.10. The molecule has 1 aliphatic rings. The lowest BCUT2D eigenvalue weighted by molar-refractivity contribution is -0.147. The van der Waals surface area contributed by atoms with Crippen LogP contribution in [0.4, 0.5) is 0 Å². The van der Waals surface area contributed by atoms with Gasteiger partial charge in [0.2, 0.25) is 5.91 Å². The van der Waals surface area contributed by atoms with Crippen LogP contribution in [-0.4, -0.2) is 35.2 Å². The van der Waals surface area contributed by atoms with Crippen molar-refractivity contribution in [2.75, 3.05) is 0 Å². The van der Waals surface area contributed by atoms with Gasteiger partial charge in [0.05, 0.1) is 6.10 Å². The van der Waals surface area contributed by atoms with Gasteiger partial charge in [-0.1, -0.05) is 40.0 Å². The van der Waals surface area contributed by atoms with Crippen molar-refractivity contribution in [1.29, 1.82) is 0 Å². The van der Waals surface area contributed by atoms with Crippen LogP contribution in [0.2, 0.25) is 0 Å². The number of carboxylic acids is 1. The maximum Gasteiger partial charge on any atom is 0.326 e. The smallest absolute Gasteiger partial charge is 0.326 e. The second-order valence-electron chi connectivity index (χ2n) is 5.65. The summed E-state index contributed by atoms with van der Waals surface area (Å²) >= 11 is 0. The molecular formula is C15H27NO4. The Bertz CT molecular complexity index is 326. The lowest BCUT2D eigenvalue weighted by Gasteiger charge is -2.25. The van der Waals surface area contributed by atoms with E-state index in [1.807, 2.05) is 20.8 Å². The predicted molar refractivity (Wildman–Crippen MR) is 76.4 cm³/mol. The summed E-state index contributed by atoms with van der Waals surface area (Å²) in [6, 6.07) is -0.839. The normalized spacial score (nSPS) is 20.4. The molecule has 1 aliphatic carbocycles. The minimum Gasteiger partial charge on any atom is -0.480 e. The van der Waals surface area contributed by atoms with Gasteiger partial charge in [0.15, 0.2) is 0 Å². The highest BCUT2D eigenvalue weighted by molar-refractivity contribution is 5.86. The molecule has 0 aromatic heterocycles. The summed E-state index contributed by atoms with van der Waals surface area (Å²) in [5.74, 6) is -1.38. The predicted octanol–water partition coefficient (Wildman–Crippen LogP) is 2.34. The van der Waals surface area contributed by atoms with E-state index < -0.39 is 18.1 Å². The monoisotopic (exact) mass is 285 g/mol. The summed E-state index contributed by atoms with van der Waals surface area (Å²) < 4.78 is 5.81. The minimum atomic E-state index is -0.983. The molecule has 0 aromatic carbocycles. The minimum absolute atomic E-state index is 0.0968. The van der Waals surface area contributed by atoms with Gasteiger partial charge < -0.3 is 15.2 Å². The quantitative estimate of drug-likeness (QED) is 0.717. The number of hydrogen-bond acceptors (Lipinski definition) is 3. The van der Waals surface area contributed by atoms with Crippen LogP contribution in [0.5, 0.6) is 0 Å². The highest BCUT2D eigenvalue weighted by Gasteiger charge is 2.30. The number of amides is 1. The highest BCUT2D eigenvalue weighted by atomic mass is 16.5. The summed E-state index contributed by atoms with van der Waals surface area (Å²) in [5.41, 5.74) is 0. The first-order chi connectivity index (χ1) is 9.49. The van der Waals surface area contributed by atoms with Crippen LogP contribution in [0, 0.1) is 5.92 Å². The van der Waals surface area contributed by atoms with E-state index in [1.165, 1.54) is 0 Å². The van der Waals surface area contributed by atoms with Gasteiger partial charge in [0, 0.05) is 0 Å². The molecule has 1 amide bonds. The van der Waals surface area contributed by atoms with Crippen molar-refractivity contribution in [2.45, 2.75) is 77.5 Å². The Morgan fingerprint density at radius 2 is 1.85 bits per heavy atom. The largest absolute Gasteiger partial charge is 0.480 e. The van der Waals surface area contributed by atoms with Crippen LogP contribution in [0.25, 0.3) is 0 Å². The average molecular weight is 285 g/mol. The van der Waals surface area contributed by atoms with Gasteiger partial charge in [-0.15, -0.1) is 0 Å². The molecule has 3 atom stereocenters. The Hall–Kier alpha value is -1.10. The fraction of sp³-hybridized carbons (Fsp3) is 0.867. The van der Waals surface area contributed by atoms with Crippen molar-refractivity contribution in [2.24, 2.45) is 5.92 Å². The summed E-state index contributed by atoms with van der Waals surface area (Å²) in [5, 5.41) is 11.8.